The monoisotopic (exact) mass is 271 g/mol. The van der Waals surface area contributed by atoms with Crippen LogP contribution in [-0.4, -0.2) is 26.2 Å². The Morgan fingerprint density at radius 1 is 1.25 bits per heavy atom. The fourth-order valence-electron chi connectivity index (χ4n) is 2.15. The number of aromatic nitrogens is 1. The molecule has 1 heterocycles. The van der Waals surface area contributed by atoms with Crippen LogP contribution in [0.3, 0.4) is 0 Å². The number of benzene rings is 1. The second-order valence-corrected chi connectivity index (χ2v) is 4.77. The third kappa shape index (κ3) is 3.27. The Balaban J connectivity index is 2.34. The molecule has 0 saturated heterocycles. The van der Waals surface area contributed by atoms with Crippen molar-refractivity contribution in [3.8, 4) is 5.75 Å². The molecule has 2 aromatic rings. The molecule has 0 aliphatic heterocycles. The molecule has 0 amide bonds. The summed E-state index contributed by atoms with van der Waals surface area (Å²) in [7, 11) is 5.63. The molecule has 4 heteroatoms. The van der Waals surface area contributed by atoms with E-state index in [1.807, 2.05) is 45.3 Å². The van der Waals surface area contributed by atoms with Gasteiger partial charge in [0, 0.05) is 31.0 Å². The number of aryl methyl sites for hydroxylation is 1. The van der Waals surface area contributed by atoms with Gasteiger partial charge in [0.1, 0.15) is 11.6 Å². The van der Waals surface area contributed by atoms with Gasteiger partial charge in [-0.15, -0.1) is 0 Å². The van der Waals surface area contributed by atoms with Crippen LogP contribution < -0.4 is 15.0 Å². The topological polar surface area (TPSA) is 37.4 Å². The number of hydrogen-bond acceptors (Lipinski definition) is 4. The van der Waals surface area contributed by atoms with E-state index < -0.39 is 0 Å². The Morgan fingerprint density at radius 2 is 2.05 bits per heavy atom. The highest BCUT2D eigenvalue weighted by Gasteiger charge is 2.08. The van der Waals surface area contributed by atoms with E-state index in [4.69, 9.17) is 4.74 Å². The van der Waals surface area contributed by atoms with E-state index in [1.54, 1.807) is 7.11 Å². The van der Waals surface area contributed by atoms with Crippen LogP contribution in [-0.2, 0) is 6.54 Å². The molecule has 20 heavy (non-hydrogen) atoms. The Morgan fingerprint density at radius 3 is 2.75 bits per heavy atom. The average molecular weight is 271 g/mol. The van der Waals surface area contributed by atoms with Gasteiger partial charge in [-0.25, -0.2) is 4.98 Å². The largest absolute Gasteiger partial charge is 0.497 e. The summed E-state index contributed by atoms with van der Waals surface area (Å²) < 4.78 is 5.27. The number of pyridine rings is 1. The quantitative estimate of drug-likeness (QED) is 0.907. The van der Waals surface area contributed by atoms with Crippen LogP contribution in [0.2, 0.25) is 0 Å². The number of hydrogen-bond donors (Lipinski definition) is 1. The standard InChI is InChI=1S/C16H21N3O/c1-12-8-13(11-17-2)9-16(18-12)19(3)14-6-5-7-15(10-14)20-4/h5-10,17H,11H2,1-4H3. The number of anilines is 2. The molecular formula is C16H21N3O. The lowest BCUT2D eigenvalue weighted by atomic mass is 10.2. The van der Waals surface area contributed by atoms with Crippen LogP contribution in [0.1, 0.15) is 11.3 Å². The van der Waals surface area contributed by atoms with Crippen molar-refractivity contribution >= 4 is 11.5 Å². The first-order valence-corrected chi connectivity index (χ1v) is 6.64. The van der Waals surface area contributed by atoms with Crippen LogP contribution in [0.15, 0.2) is 36.4 Å². The van der Waals surface area contributed by atoms with Gasteiger partial charge >= 0.3 is 0 Å². The first kappa shape index (κ1) is 14.3. The third-order valence-corrected chi connectivity index (χ3v) is 3.16. The maximum absolute atomic E-state index is 5.27. The molecule has 0 fully saturated rings. The molecule has 2 rings (SSSR count). The van der Waals surface area contributed by atoms with E-state index in [1.165, 1.54) is 5.56 Å². The lowest BCUT2D eigenvalue weighted by Gasteiger charge is -2.20. The van der Waals surface area contributed by atoms with Gasteiger partial charge in [-0.05, 0) is 43.8 Å². The predicted molar refractivity (Wildman–Crippen MR) is 82.8 cm³/mol. The highest BCUT2D eigenvalue weighted by atomic mass is 16.5. The fourth-order valence-corrected chi connectivity index (χ4v) is 2.15. The summed E-state index contributed by atoms with van der Waals surface area (Å²) in [5, 5.41) is 3.17. The van der Waals surface area contributed by atoms with Crippen molar-refractivity contribution in [3.63, 3.8) is 0 Å². The van der Waals surface area contributed by atoms with Gasteiger partial charge in [-0.1, -0.05) is 6.07 Å². The number of methoxy groups -OCH3 is 1. The normalized spacial score (nSPS) is 10.4. The first-order chi connectivity index (χ1) is 9.63. The molecule has 0 aliphatic carbocycles. The maximum Gasteiger partial charge on any atom is 0.133 e. The maximum atomic E-state index is 5.27. The van der Waals surface area contributed by atoms with E-state index in [0.717, 1.165) is 29.5 Å². The summed E-state index contributed by atoms with van der Waals surface area (Å²) in [6.45, 7) is 2.85. The minimum Gasteiger partial charge on any atom is -0.497 e. The Kier molecular flexibility index (Phi) is 4.58. The van der Waals surface area contributed by atoms with Crippen LogP contribution in [0, 0.1) is 6.92 Å². The first-order valence-electron chi connectivity index (χ1n) is 6.64. The Hall–Kier alpha value is -2.07. The molecule has 0 aliphatic rings. The van der Waals surface area contributed by atoms with Crippen LogP contribution in [0.4, 0.5) is 11.5 Å². The smallest absolute Gasteiger partial charge is 0.133 e. The zero-order valence-corrected chi connectivity index (χ0v) is 12.5. The lowest BCUT2D eigenvalue weighted by molar-refractivity contribution is 0.415. The van der Waals surface area contributed by atoms with Crippen molar-refractivity contribution in [2.45, 2.75) is 13.5 Å². The molecule has 0 spiro atoms. The minimum absolute atomic E-state index is 0.836. The average Bonchev–Trinajstić information content (AvgIpc) is 2.46. The molecule has 106 valence electrons. The Labute approximate surface area is 120 Å². The van der Waals surface area contributed by atoms with Gasteiger partial charge < -0.3 is 15.0 Å². The van der Waals surface area contributed by atoms with Crippen molar-refractivity contribution in [3.05, 3.63) is 47.7 Å². The van der Waals surface area contributed by atoms with Crippen LogP contribution in [0.5, 0.6) is 5.75 Å². The van der Waals surface area contributed by atoms with Gasteiger partial charge in [0.05, 0.1) is 7.11 Å². The second-order valence-electron chi connectivity index (χ2n) is 4.77. The fraction of sp³-hybridized carbons (Fsp3) is 0.312. The van der Waals surface area contributed by atoms with Crippen molar-refractivity contribution in [2.75, 3.05) is 26.1 Å². The molecular weight excluding hydrogens is 250 g/mol. The van der Waals surface area contributed by atoms with Gasteiger partial charge in [0.2, 0.25) is 0 Å². The summed E-state index contributed by atoms with van der Waals surface area (Å²) in [4.78, 5) is 6.67. The number of ether oxygens (including phenoxy) is 1. The van der Waals surface area contributed by atoms with E-state index >= 15 is 0 Å². The van der Waals surface area contributed by atoms with Gasteiger partial charge in [-0.2, -0.15) is 0 Å². The molecule has 0 atom stereocenters. The second kappa shape index (κ2) is 6.39. The summed E-state index contributed by atoms with van der Waals surface area (Å²) >= 11 is 0. The SMILES string of the molecule is CNCc1cc(C)nc(N(C)c2cccc(OC)c2)c1. The predicted octanol–water partition coefficient (Wildman–Crippen LogP) is 2.89. The summed E-state index contributed by atoms with van der Waals surface area (Å²) in [6, 6.07) is 12.2. The molecule has 0 radical (unpaired) electrons. The summed E-state index contributed by atoms with van der Waals surface area (Å²) in [5.41, 5.74) is 3.30. The van der Waals surface area contributed by atoms with Crippen molar-refractivity contribution in [1.29, 1.82) is 0 Å². The van der Waals surface area contributed by atoms with Crippen LogP contribution >= 0.6 is 0 Å². The van der Waals surface area contributed by atoms with Crippen LogP contribution in [0.25, 0.3) is 0 Å². The van der Waals surface area contributed by atoms with E-state index in [0.29, 0.717) is 0 Å². The highest BCUT2D eigenvalue weighted by Crippen LogP contribution is 2.26. The molecule has 0 unspecified atom stereocenters. The molecule has 0 bridgehead atoms. The van der Waals surface area contributed by atoms with Gasteiger partial charge in [0.15, 0.2) is 0 Å². The van der Waals surface area contributed by atoms with Crippen molar-refractivity contribution < 1.29 is 4.74 Å². The molecule has 1 aromatic carbocycles. The molecule has 0 saturated carbocycles. The van der Waals surface area contributed by atoms with E-state index in [-0.39, 0.29) is 0 Å². The van der Waals surface area contributed by atoms with E-state index in [9.17, 15) is 0 Å². The molecule has 4 nitrogen and oxygen atoms in total. The number of nitrogens with zero attached hydrogens (tertiary/aromatic N) is 2. The number of nitrogens with one attached hydrogen (secondary N) is 1. The zero-order valence-electron chi connectivity index (χ0n) is 12.5. The summed E-state index contributed by atoms with van der Waals surface area (Å²) in [6.07, 6.45) is 0. The summed E-state index contributed by atoms with van der Waals surface area (Å²) in [5.74, 6) is 1.78. The third-order valence-electron chi connectivity index (χ3n) is 3.16. The van der Waals surface area contributed by atoms with Crippen molar-refractivity contribution in [1.82, 2.24) is 10.3 Å². The van der Waals surface area contributed by atoms with Crippen molar-refractivity contribution in [2.24, 2.45) is 0 Å². The molecule has 1 aromatic heterocycles. The van der Waals surface area contributed by atoms with E-state index in [2.05, 4.69) is 27.3 Å². The highest BCUT2D eigenvalue weighted by molar-refractivity contribution is 5.61. The van der Waals surface area contributed by atoms with Gasteiger partial charge in [0.25, 0.3) is 0 Å². The Bertz CT molecular complexity index is 584. The minimum atomic E-state index is 0.836. The lowest BCUT2D eigenvalue weighted by Crippen LogP contribution is -2.13. The molecule has 1 N–H and O–H groups in total. The zero-order chi connectivity index (χ0) is 14.5. The number of rotatable bonds is 5. The van der Waals surface area contributed by atoms with Gasteiger partial charge in [-0.3, -0.25) is 0 Å².